The standard InChI is InChI=1S/C26H36N2O5/c1-7-12-21(31-23-20(29)15-11-16-27-23)22-19(17-18-13-9-8-10-14-18)28(26(5,6)32-22)24(30)33-25(2,3)4/h8-11,13-16,19,21-22,29H,7,12,17H2,1-6H3/t19-,21-,22-/m0/s1. The molecule has 3 rings (SSSR count). The molecular weight excluding hydrogens is 420 g/mol. The highest BCUT2D eigenvalue weighted by Gasteiger charge is 2.54. The molecule has 0 saturated carbocycles. The first-order valence-electron chi connectivity index (χ1n) is 11.6. The first-order valence-corrected chi connectivity index (χ1v) is 11.6. The summed E-state index contributed by atoms with van der Waals surface area (Å²) in [6, 6.07) is 12.9. The fourth-order valence-electron chi connectivity index (χ4n) is 4.26. The molecule has 0 spiro atoms. The summed E-state index contributed by atoms with van der Waals surface area (Å²) in [7, 11) is 0. The Morgan fingerprint density at radius 2 is 1.91 bits per heavy atom. The quantitative estimate of drug-likeness (QED) is 0.607. The molecule has 33 heavy (non-hydrogen) atoms. The Labute approximate surface area is 196 Å². The van der Waals surface area contributed by atoms with Crippen LogP contribution in [0.4, 0.5) is 4.79 Å². The summed E-state index contributed by atoms with van der Waals surface area (Å²) in [6.07, 6.45) is 2.36. The minimum atomic E-state index is -0.909. The summed E-state index contributed by atoms with van der Waals surface area (Å²) in [5.41, 5.74) is -0.464. The molecule has 1 N–H and O–H groups in total. The van der Waals surface area contributed by atoms with E-state index in [1.54, 1.807) is 23.2 Å². The monoisotopic (exact) mass is 456 g/mol. The Bertz CT molecular complexity index is 926. The number of amides is 1. The molecule has 1 fully saturated rings. The third-order valence-electron chi connectivity index (χ3n) is 5.55. The van der Waals surface area contributed by atoms with E-state index in [2.05, 4.69) is 11.9 Å². The Morgan fingerprint density at radius 3 is 2.52 bits per heavy atom. The number of hydrogen-bond donors (Lipinski definition) is 1. The van der Waals surface area contributed by atoms with Gasteiger partial charge in [-0.05, 0) is 65.2 Å². The lowest BCUT2D eigenvalue weighted by atomic mass is 9.95. The van der Waals surface area contributed by atoms with Crippen LogP contribution in [0.25, 0.3) is 0 Å². The van der Waals surface area contributed by atoms with Gasteiger partial charge in [0.25, 0.3) is 5.88 Å². The molecule has 1 amide bonds. The number of rotatable bonds is 7. The number of pyridine rings is 1. The summed E-state index contributed by atoms with van der Waals surface area (Å²) >= 11 is 0. The molecule has 180 valence electrons. The van der Waals surface area contributed by atoms with Gasteiger partial charge in [0.15, 0.2) is 5.75 Å². The predicted octanol–water partition coefficient (Wildman–Crippen LogP) is 5.32. The number of benzene rings is 1. The van der Waals surface area contributed by atoms with Crippen molar-refractivity contribution in [3.63, 3.8) is 0 Å². The molecular formula is C26H36N2O5. The zero-order valence-electron chi connectivity index (χ0n) is 20.4. The van der Waals surface area contributed by atoms with Gasteiger partial charge in [0.2, 0.25) is 0 Å². The summed E-state index contributed by atoms with van der Waals surface area (Å²) in [4.78, 5) is 19.2. The van der Waals surface area contributed by atoms with E-state index in [0.717, 1.165) is 12.0 Å². The average molecular weight is 457 g/mol. The molecule has 1 aromatic heterocycles. The van der Waals surface area contributed by atoms with E-state index in [9.17, 15) is 9.90 Å². The molecule has 0 radical (unpaired) electrons. The second-order valence-corrected chi connectivity index (χ2v) is 9.91. The minimum absolute atomic E-state index is 0.0283. The Balaban J connectivity index is 1.99. The molecule has 7 nitrogen and oxygen atoms in total. The third-order valence-corrected chi connectivity index (χ3v) is 5.55. The van der Waals surface area contributed by atoms with Crippen molar-refractivity contribution in [2.45, 2.75) is 90.4 Å². The van der Waals surface area contributed by atoms with Crippen molar-refractivity contribution in [2.24, 2.45) is 0 Å². The maximum absolute atomic E-state index is 13.3. The van der Waals surface area contributed by atoms with Crippen LogP contribution in [0.1, 0.15) is 59.9 Å². The summed E-state index contributed by atoms with van der Waals surface area (Å²) in [5.74, 6) is 0.131. The van der Waals surface area contributed by atoms with Crippen LogP contribution in [-0.2, 0) is 15.9 Å². The molecule has 3 atom stereocenters. The molecule has 2 aromatic rings. The highest BCUT2D eigenvalue weighted by molar-refractivity contribution is 5.70. The predicted molar refractivity (Wildman–Crippen MR) is 126 cm³/mol. The number of carbonyl (C=O) groups excluding carboxylic acids is 1. The van der Waals surface area contributed by atoms with Crippen LogP contribution >= 0.6 is 0 Å². The summed E-state index contributed by atoms with van der Waals surface area (Å²) in [5, 5.41) is 10.2. The molecule has 1 saturated heterocycles. The van der Waals surface area contributed by atoms with E-state index in [-0.39, 0.29) is 17.7 Å². The number of hydrogen-bond acceptors (Lipinski definition) is 6. The molecule has 0 unspecified atom stereocenters. The minimum Gasteiger partial charge on any atom is -0.503 e. The van der Waals surface area contributed by atoms with Gasteiger partial charge in [0, 0.05) is 6.20 Å². The van der Waals surface area contributed by atoms with Gasteiger partial charge in [-0.3, -0.25) is 4.90 Å². The van der Waals surface area contributed by atoms with Crippen molar-refractivity contribution in [1.29, 1.82) is 0 Å². The van der Waals surface area contributed by atoms with Crippen molar-refractivity contribution in [3.05, 3.63) is 54.2 Å². The first kappa shape index (κ1) is 24.8. The largest absolute Gasteiger partial charge is 0.503 e. The van der Waals surface area contributed by atoms with Crippen molar-refractivity contribution in [3.8, 4) is 11.6 Å². The fraction of sp³-hybridized carbons (Fsp3) is 0.538. The van der Waals surface area contributed by atoms with Gasteiger partial charge in [-0.1, -0.05) is 43.7 Å². The highest BCUT2D eigenvalue weighted by atomic mass is 16.6. The molecule has 0 bridgehead atoms. The lowest BCUT2D eigenvalue weighted by Gasteiger charge is -2.35. The van der Waals surface area contributed by atoms with Gasteiger partial charge in [0.05, 0.1) is 6.04 Å². The Morgan fingerprint density at radius 1 is 1.21 bits per heavy atom. The van der Waals surface area contributed by atoms with Crippen LogP contribution in [0.2, 0.25) is 0 Å². The Hall–Kier alpha value is -2.80. The van der Waals surface area contributed by atoms with E-state index in [4.69, 9.17) is 14.2 Å². The molecule has 7 heteroatoms. The molecule has 2 heterocycles. The number of nitrogens with zero attached hydrogens (tertiary/aromatic N) is 2. The van der Waals surface area contributed by atoms with E-state index in [1.807, 2.05) is 65.0 Å². The van der Waals surface area contributed by atoms with Gasteiger partial charge in [0.1, 0.15) is 23.5 Å². The van der Waals surface area contributed by atoms with Crippen LogP contribution in [-0.4, -0.2) is 50.7 Å². The van der Waals surface area contributed by atoms with Crippen LogP contribution in [0.15, 0.2) is 48.7 Å². The van der Waals surface area contributed by atoms with E-state index in [1.165, 1.54) is 0 Å². The number of aromatic hydroxyl groups is 1. The summed E-state index contributed by atoms with van der Waals surface area (Å²) < 4.78 is 18.5. The van der Waals surface area contributed by atoms with Gasteiger partial charge >= 0.3 is 6.09 Å². The smallest absolute Gasteiger partial charge is 0.412 e. The van der Waals surface area contributed by atoms with Gasteiger partial charge in [-0.2, -0.15) is 0 Å². The van der Waals surface area contributed by atoms with Gasteiger partial charge in [-0.15, -0.1) is 0 Å². The molecule has 1 aliphatic rings. The SMILES string of the molecule is CCC[C@H](Oc1ncccc1O)[C@H]1OC(C)(C)N(C(=O)OC(C)(C)C)[C@H]1Cc1ccccc1. The van der Waals surface area contributed by atoms with Crippen molar-refractivity contribution >= 4 is 6.09 Å². The van der Waals surface area contributed by atoms with Crippen LogP contribution in [0.3, 0.4) is 0 Å². The molecule has 1 aliphatic heterocycles. The average Bonchev–Trinajstić information content (AvgIpc) is 2.99. The van der Waals surface area contributed by atoms with Crippen LogP contribution < -0.4 is 4.74 Å². The Kier molecular flexibility index (Phi) is 7.52. The third kappa shape index (κ3) is 6.16. The highest BCUT2D eigenvalue weighted by Crippen LogP contribution is 2.39. The fourth-order valence-corrected chi connectivity index (χ4v) is 4.26. The van der Waals surface area contributed by atoms with Gasteiger partial charge < -0.3 is 19.3 Å². The van der Waals surface area contributed by atoms with E-state index >= 15 is 0 Å². The van der Waals surface area contributed by atoms with Crippen LogP contribution in [0.5, 0.6) is 11.6 Å². The number of aromatic nitrogens is 1. The van der Waals surface area contributed by atoms with Crippen molar-refractivity contribution in [2.75, 3.05) is 0 Å². The lowest BCUT2D eigenvalue weighted by Crippen LogP contribution is -2.52. The second kappa shape index (κ2) is 10.00. The molecule has 0 aliphatic carbocycles. The summed E-state index contributed by atoms with van der Waals surface area (Å²) in [6.45, 7) is 11.4. The van der Waals surface area contributed by atoms with E-state index in [0.29, 0.717) is 12.8 Å². The normalized spacial score (nSPS) is 21.0. The molecule has 1 aromatic carbocycles. The van der Waals surface area contributed by atoms with Gasteiger partial charge in [-0.25, -0.2) is 9.78 Å². The van der Waals surface area contributed by atoms with E-state index < -0.39 is 29.6 Å². The second-order valence-electron chi connectivity index (χ2n) is 9.91. The number of ether oxygens (including phenoxy) is 3. The maximum atomic E-state index is 13.3. The van der Waals surface area contributed by atoms with Crippen LogP contribution in [0, 0.1) is 0 Å². The topological polar surface area (TPSA) is 81.1 Å². The first-order chi connectivity index (χ1) is 15.5. The van der Waals surface area contributed by atoms with Crippen molar-refractivity contribution in [1.82, 2.24) is 9.88 Å². The lowest BCUT2D eigenvalue weighted by molar-refractivity contribution is -0.100. The zero-order valence-corrected chi connectivity index (χ0v) is 20.4. The maximum Gasteiger partial charge on any atom is 0.412 e. The van der Waals surface area contributed by atoms with Crippen molar-refractivity contribution < 1.29 is 24.1 Å². The number of carbonyl (C=O) groups is 1. The zero-order chi connectivity index (χ0) is 24.2.